The van der Waals surface area contributed by atoms with Crippen molar-refractivity contribution in [2.45, 2.75) is 0 Å². The van der Waals surface area contributed by atoms with E-state index in [1.807, 2.05) is 70.6 Å². The van der Waals surface area contributed by atoms with Gasteiger partial charge < -0.3 is 29.6 Å². The molecule has 0 saturated heterocycles. The van der Waals surface area contributed by atoms with E-state index in [4.69, 9.17) is 15.8 Å². The van der Waals surface area contributed by atoms with Crippen LogP contribution in [-0.4, -0.2) is 66.6 Å². The van der Waals surface area contributed by atoms with Gasteiger partial charge in [-0.15, -0.1) is 0 Å². The Labute approximate surface area is 222 Å². The first-order valence-electron chi connectivity index (χ1n) is 12.4. The monoisotopic (exact) mass is 507 g/mol. The number of aryl methyl sites for hydroxylation is 1. The highest BCUT2D eigenvalue weighted by Crippen LogP contribution is 2.34. The molecule has 0 bridgehead atoms. The Hall–Kier alpha value is -4.79. The molecule has 38 heavy (non-hydrogen) atoms. The van der Waals surface area contributed by atoms with E-state index in [2.05, 4.69) is 51.3 Å². The average molecular weight is 508 g/mol. The molecule has 5 rings (SSSR count). The number of guanidine groups is 2. The van der Waals surface area contributed by atoms with Gasteiger partial charge in [0, 0.05) is 76.3 Å². The molecule has 0 atom stereocenters. The van der Waals surface area contributed by atoms with Crippen LogP contribution in [0.3, 0.4) is 0 Å². The fourth-order valence-electron chi connectivity index (χ4n) is 4.71. The molecule has 0 fully saturated rings. The van der Waals surface area contributed by atoms with Crippen molar-refractivity contribution >= 4 is 45.2 Å². The Morgan fingerprint density at radius 2 is 1.55 bits per heavy atom. The molecule has 0 amide bonds. The summed E-state index contributed by atoms with van der Waals surface area (Å²) in [5.74, 6) is 1.64. The van der Waals surface area contributed by atoms with Crippen LogP contribution >= 0.6 is 0 Å². The molecule has 2 aromatic heterocycles. The highest BCUT2D eigenvalue weighted by atomic mass is 15.3. The molecule has 0 spiro atoms. The summed E-state index contributed by atoms with van der Waals surface area (Å²) in [5.41, 5.74) is 8.11. The van der Waals surface area contributed by atoms with Crippen LogP contribution in [0.5, 0.6) is 0 Å². The zero-order valence-electron chi connectivity index (χ0n) is 22.6. The molecule has 9 heteroatoms. The average Bonchev–Trinajstić information content (AvgIpc) is 3.51. The molecule has 4 N–H and O–H groups in total. The van der Waals surface area contributed by atoms with Gasteiger partial charge in [0.1, 0.15) is 5.82 Å². The summed E-state index contributed by atoms with van der Waals surface area (Å²) in [7, 11) is 11.3. The molecular formula is C29H33N9. The van der Waals surface area contributed by atoms with E-state index >= 15 is 0 Å². The summed E-state index contributed by atoms with van der Waals surface area (Å²) in [6.45, 7) is 0. The number of anilines is 2. The lowest BCUT2D eigenvalue weighted by Gasteiger charge is -2.25. The second-order valence-corrected chi connectivity index (χ2v) is 9.61. The van der Waals surface area contributed by atoms with Gasteiger partial charge in [0.05, 0.1) is 11.0 Å². The van der Waals surface area contributed by atoms with E-state index in [1.54, 1.807) is 16.8 Å². The number of hydrogen-bond acceptors (Lipinski definition) is 3. The zero-order chi connectivity index (χ0) is 27.1. The summed E-state index contributed by atoms with van der Waals surface area (Å²) in [6.07, 6.45) is 2.02. The first-order valence-corrected chi connectivity index (χ1v) is 12.4. The number of rotatable bonds is 4. The van der Waals surface area contributed by atoms with Crippen LogP contribution in [0.2, 0.25) is 0 Å². The van der Waals surface area contributed by atoms with Crippen LogP contribution < -0.4 is 15.1 Å². The van der Waals surface area contributed by atoms with Crippen LogP contribution in [0.25, 0.3) is 44.5 Å². The van der Waals surface area contributed by atoms with Crippen LogP contribution in [0.1, 0.15) is 0 Å². The van der Waals surface area contributed by atoms with Crippen molar-refractivity contribution in [1.82, 2.24) is 24.8 Å². The summed E-state index contributed by atoms with van der Waals surface area (Å²) in [6, 6.07) is 20.7. The quantitative estimate of drug-likeness (QED) is 0.204. The zero-order valence-corrected chi connectivity index (χ0v) is 22.6. The molecule has 0 saturated carbocycles. The number of benzene rings is 3. The summed E-state index contributed by atoms with van der Waals surface area (Å²) >= 11 is 0. The first-order chi connectivity index (χ1) is 18.2. The first kappa shape index (κ1) is 24.9. The molecule has 0 aliphatic heterocycles. The second-order valence-electron chi connectivity index (χ2n) is 9.61. The highest BCUT2D eigenvalue weighted by molar-refractivity contribution is 6.00. The van der Waals surface area contributed by atoms with Gasteiger partial charge in [-0.3, -0.25) is 10.8 Å². The van der Waals surface area contributed by atoms with Gasteiger partial charge >= 0.3 is 0 Å². The number of hydrogen-bond donors (Lipinski definition) is 4. The highest BCUT2D eigenvalue weighted by Gasteiger charge is 2.17. The number of aromatic amines is 1. The normalized spacial score (nSPS) is 11.1. The van der Waals surface area contributed by atoms with Crippen LogP contribution in [0.4, 0.5) is 11.4 Å². The topological polar surface area (TPSA) is 103 Å². The molecule has 3 aromatic carbocycles. The Balaban J connectivity index is 1.52. The van der Waals surface area contributed by atoms with Crippen molar-refractivity contribution in [2.75, 3.05) is 45.0 Å². The minimum atomic E-state index is 0.341. The van der Waals surface area contributed by atoms with Gasteiger partial charge in [-0.1, -0.05) is 18.2 Å². The molecule has 0 aliphatic carbocycles. The Morgan fingerprint density at radius 1 is 0.868 bits per heavy atom. The van der Waals surface area contributed by atoms with E-state index in [0.717, 1.165) is 55.8 Å². The minimum Gasteiger partial charge on any atom is -0.360 e. The van der Waals surface area contributed by atoms with Gasteiger partial charge in [-0.2, -0.15) is 0 Å². The number of nitrogens with one attached hydrogen (secondary N) is 4. The Bertz CT molecular complexity index is 1660. The van der Waals surface area contributed by atoms with Gasteiger partial charge in [0.25, 0.3) is 0 Å². The number of imidazole rings is 1. The Kier molecular flexibility index (Phi) is 6.28. The molecule has 0 aliphatic rings. The third kappa shape index (κ3) is 4.21. The van der Waals surface area contributed by atoms with Gasteiger partial charge in [0.15, 0.2) is 11.9 Å². The standard InChI is InChI=1S/C29H33N9/c1-32-28(30)36(4)20-10-7-18(8-11-20)19-9-13-24-22(15-19)23(17-33-24)27-34-25-14-12-21(16-26(25)38(27)6)37(5)29(31)35(2)3/h7-17,31,33H,1-6H3,(H2,30,32). The van der Waals surface area contributed by atoms with E-state index in [-0.39, 0.29) is 0 Å². The van der Waals surface area contributed by atoms with Crippen LogP contribution in [0, 0.1) is 10.8 Å². The lowest BCUT2D eigenvalue weighted by molar-refractivity contribution is 0.603. The largest absolute Gasteiger partial charge is 0.360 e. The molecular weight excluding hydrogens is 474 g/mol. The molecule has 5 aromatic rings. The van der Waals surface area contributed by atoms with Crippen molar-refractivity contribution in [1.29, 1.82) is 10.8 Å². The van der Waals surface area contributed by atoms with Crippen molar-refractivity contribution in [2.24, 2.45) is 7.05 Å². The number of H-pyrrole nitrogens is 1. The van der Waals surface area contributed by atoms with Crippen LogP contribution in [0.15, 0.2) is 66.9 Å². The predicted octanol–water partition coefficient (Wildman–Crippen LogP) is 4.91. The second kappa shape index (κ2) is 9.59. The maximum atomic E-state index is 8.32. The van der Waals surface area contributed by atoms with Crippen molar-refractivity contribution in [3.05, 3.63) is 66.9 Å². The number of nitrogens with zero attached hydrogens (tertiary/aromatic N) is 5. The van der Waals surface area contributed by atoms with Crippen molar-refractivity contribution < 1.29 is 0 Å². The van der Waals surface area contributed by atoms with E-state index in [1.165, 1.54) is 0 Å². The molecule has 2 heterocycles. The maximum Gasteiger partial charge on any atom is 0.197 e. The molecule has 0 unspecified atom stereocenters. The lowest BCUT2D eigenvalue weighted by Crippen LogP contribution is -2.37. The third-order valence-electron chi connectivity index (χ3n) is 7.08. The molecule has 194 valence electrons. The van der Waals surface area contributed by atoms with E-state index < -0.39 is 0 Å². The van der Waals surface area contributed by atoms with E-state index in [9.17, 15) is 0 Å². The summed E-state index contributed by atoms with van der Waals surface area (Å²) < 4.78 is 2.11. The third-order valence-corrected chi connectivity index (χ3v) is 7.08. The molecule has 9 nitrogen and oxygen atoms in total. The lowest BCUT2D eigenvalue weighted by atomic mass is 10.0. The van der Waals surface area contributed by atoms with E-state index in [0.29, 0.717) is 11.9 Å². The maximum absolute atomic E-state index is 8.32. The minimum absolute atomic E-state index is 0.341. The fourth-order valence-corrected chi connectivity index (χ4v) is 4.71. The molecule has 0 radical (unpaired) electrons. The van der Waals surface area contributed by atoms with Gasteiger partial charge in [0.2, 0.25) is 0 Å². The van der Waals surface area contributed by atoms with Gasteiger partial charge in [-0.25, -0.2) is 4.98 Å². The predicted molar refractivity (Wildman–Crippen MR) is 158 cm³/mol. The number of fused-ring (bicyclic) bond motifs is 2. The Morgan fingerprint density at radius 3 is 2.24 bits per heavy atom. The number of aromatic nitrogens is 3. The van der Waals surface area contributed by atoms with Crippen LogP contribution in [-0.2, 0) is 7.05 Å². The summed E-state index contributed by atoms with van der Waals surface area (Å²) in [5, 5.41) is 20.3. The summed E-state index contributed by atoms with van der Waals surface area (Å²) in [4.78, 5) is 13.8. The van der Waals surface area contributed by atoms with Gasteiger partial charge in [-0.05, 0) is 53.6 Å². The van der Waals surface area contributed by atoms with Crippen molar-refractivity contribution in [3.8, 4) is 22.5 Å². The SMILES string of the molecule is CNC(=N)N(C)c1ccc(-c2ccc3[nH]cc(-c4nc5ccc(N(C)C(=N)N(C)C)cc5n4C)c3c2)cc1. The fraction of sp³-hybridized carbons (Fsp3) is 0.207. The van der Waals surface area contributed by atoms with Crippen molar-refractivity contribution in [3.63, 3.8) is 0 Å². The smallest absolute Gasteiger partial charge is 0.197 e.